The van der Waals surface area contributed by atoms with E-state index in [-0.39, 0.29) is 17.4 Å². The van der Waals surface area contributed by atoms with Gasteiger partial charge in [0.05, 0.1) is 22.9 Å². The molecule has 166 valence electrons. The second kappa shape index (κ2) is 9.05. The van der Waals surface area contributed by atoms with E-state index >= 15 is 0 Å². The van der Waals surface area contributed by atoms with Crippen LogP contribution >= 0.6 is 0 Å². The quantitative estimate of drug-likeness (QED) is 0.519. The van der Waals surface area contributed by atoms with Gasteiger partial charge in [-0.15, -0.1) is 0 Å². The molecule has 0 aliphatic heterocycles. The van der Waals surface area contributed by atoms with Crippen LogP contribution < -0.4 is 9.62 Å². The van der Waals surface area contributed by atoms with Crippen LogP contribution in [0.4, 0.5) is 11.4 Å². The van der Waals surface area contributed by atoms with Gasteiger partial charge in [0.25, 0.3) is 5.69 Å². The highest BCUT2D eigenvalue weighted by molar-refractivity contribution is 7.92. The van der Waals surface area contributed by atoms with Crippen molar-refractivity contribution < 1.29 is 18.1 Å². The Bertz CT molecular complexity index is 1110. The van der Waals surface area contributed by atoms with Crippen molar-refractivity contribution in [3.8, 4) is 0 Å². The average molecular weight is 446 g/mol. The number of nitro benzene ring substituents is 1. The Labute approximate surface area is 182 Å². The predicted molar refractivity (Wildman–Crippen MR) is 120 cm³/mol. The normalized spacial score (nSPS) is 14.4. The van der Waals surface area contributed by atoms with Crippen LogP contribution in [0, 0.1) is 17.0 Å². The van der Waals surface area contributed by atoms with E-state index in [2.05, 4.69) is 17.4 Å². The molecule has 0 saturated carbocycles. The first-order chi connectivity index (χ1) is 14.6. The molecule has 0 spiro atoms. The van der Waals surface area contributed by atoms with Gasteiger partial charge in [0.15, 0.2) is 0 Å². The number of fused-ring (bicyclic) bond motifs is 1. The van der Waals surface area contributed by atoms with Crippen molar-refractivity contribution in [1.29, 1.82) is 0 Å². The standard InChI is InChI=1S/C22H27N3O5S/c1-15-8-11-20(25(27)28)13-21(15)24(31(3,29)30)14-22(26)23-16(2)18-10-9-17-6-4-5-7-19(17)12-18/h8-13,16H,4-7,14H2,1-3H3,(H,23,26)/t16-/m1/s1. The van der Waals surface area contributed by atoms with Crippen molar-refractivity contribution in [3.63, 3.8) is 0 Å². The number of aryl methyl sites for hydroxylation is 3. The number of nitro groups is 1. The molecule has 31 heavy (non-hydrogen) atoms. The van der Waals surface area contributed by atoms with Gasteiger partial charge < -0.3 is 5.32 Å². The number of nitrogens with one attached hydrogen (secondary N) is 1. The van der Waals surface area contributed by atoms with Crippen molar-refractivity contribution in [2.24, 2.45) is 0 Å². The lowest BCUT2D eigenvalue weighted by molar-refractivity contribution is -0.384. The molecular weight excluding hydrogens is 418 g/mol. The fourth-order valence-electron chi connectivity index (χ4n) is 3.88. The molecule has 2 aromatic rings. The lowest BCUT2D eigenvalue weighted by Crippen LogP contribution is -2.41. The molecule has 1 amide bonds. The summed E-state index contributed by atoms with van der Waals surface area (Å²) in [6.07, 6.45) is 5.42. The van der Waals surface area contributed by atoms with Gasteiger partial charge >= 0.3 is 0 Å². The Kier molecular flexibility index (Phi) is 6.64. The number of carbonyl (C=O) groups is 1. The average Bonchev–Trinajstić information content (AvgIpc) is 2.71. The minimum Gasteiger partial charge on any atom is -0.348 e. The molecule has 1 N–H and O–H groups in total. The Morgan fingerprint density at radius 1 is 1.16 bits per heavy atom. The summed E-state index contributed by atoms with van der Waals surface area (Å²) in [7, 11) is -3.84. The van der Waals surface area contributed by atoms with Gasteiger partial charge in [-0.3, -0.25) is 19.2 Å². The lowest BCUT2D eigenvalue weighted by Gasteiger charge is -2.25. The summed E-state index contributed by atoms with van der Waals surface area (Å²) < 4.78 is 25.7. The summed E-state index contributed by atoms with van der Waals surface area (Å²) in [4.78, 5) is 23.3. The summed E-state index contributed by atoms with van der Waals surface area (Å²) >= 11 is 0. The molecule has 0 radical (unpaired) electrons. The Morgan fingerprint density at radius 2 is 1.84 bits per heavy atom. The van der Waals surface area contributed by atoms with Crippen LogP contribution in [0.15, 0.2) is 36.4 Å². The molecule has 1 atom stereocenters. The van der Waals surface area contributed by atoms with Crippen LogP contribution in [0.5, 0.6) is 0 Å². The van der Waals surface area contributed by atoms with E-state index in [1.54, 1.807) is 6.92 Å². The summed E-state index contributed by atoms with van der Waals surface area (Å²) in [6.45, 7) is 3.03. The van der Waals surface area contributed by atoms with Gasteiger partial charge in [0.2, 0.25) is 15.9 Å². The van der Waals surface area contributed by atoms with Crippen molar-refractivity contribution in [1.82, 2.24) is 5.32 Å². The minimum atomic E-state index is -3.84. The fourth-order valence-corrected chi connectivity index (χ4v) is 4.79. The molecule has 0 fully saturated rings. The molecule has 3 rings (SSSR count). The summed E-state index contributed by atoms with van der Waals surface area (Å²) in [5, 5.41) is 14.0. The molecule has 0 unspecified atom stereocenters. The van der Waals surface area contributed by atoms with Crippen LogP contribution in [0.25, 0.3) is 0 Å². The van der Waals surface area contributed by atoms with Crippen molar-refractivity contribution in [2.75, 3.05) is 17.1 Å². The first-order valence-electron chi connectivity index (χ1n) is 10.2. The molecule has 2 aromatic carbocycles. The molecular formula is C22H27N3O5S. The molecule has 0 saturated heterocycles. The predicted octanol–water partition coefficient (Wildman–Crippen LogP) is 3.43. The second-order valence-corrected chi connectivity index (χ2v) is 9.93. The largest absolute Gasteiger partial charge is 0.348 e. The van der Waals surface area contributed by atoms with Gasteiger partial charge in [0, 0.05) is 12.1 Å². The van der Waals surface area contributed by atoms with Crippen LogP contribution in [0.2, 0.25) is 0 Å². The number of nitrogens with zero attached hydrogens (tertiary/aromatic N) is 2. The zero-order valence-corrected chi connectivity index (χ0v) is 18.7. The molecule has 1 aliphatic carbocycles. The second-order valence-electron chi connectivity index (χ2n) is 8.02. The number of sulfonamides is 1. The number of anilines is 1. The highest BCUT2D eigenvalue weighted by Crippen LogP contribution is 2.28. The van der Waals surface area contributed by atoms with Gasteiger partial charge in [-0.2, -0.15) is 0 Å². The van der Waals surface area contributed by atoms with Crippen LogP contribution in [-0.2, 0) is 27.7 Å². The van der Waals surface area contributed by atoms with Crippen molar-refractivity contribution in [2.45, 2.75) is 45.6 Å². The maximum Gasteiger partial charge on any atom is 0.271 e. The number of benzene rings is 2. The number of hydrogen-bond acceptors (Lipinski definition) is 5. The number of rotatable bonds is 7. The number of non-ortho nitro benzene ring substituents is 1. The summed E-state index contributed by atoms with van der Waals surface area (Å²) in [5.74, 6) is -0.485. The molecule has 0 aromatic heterocycles. The van der Waals surface area contributed by atoms with E-state index in [4.69, 9.17) is 0 Å². The van der Waals surface area contributed by atoms with Crippen molar-refractivity contribution >= 4 is 27.3 Å². The maximum absolute atomic E-state index is 12.7. The fraction of sp³-hybridized carbons (Fsp3) is 0.409. The van der Waals surface area contributed by atoms with Crippen molar-refractivity contribution in [3.05, 3.63) is 68.8 Å². The molecule has 0 heterocycles. The van der Waals surface area contributed by atoms with E-state index in [0.717, 1.165) is 35.4 Å². The van der Waals surface area contributed by atoms with Gasteiger partial charge in [-0.1, -0.05) is 24.3 Å². The Hall–Kier alpha value is -2.94. The molecule has 0 bridgehead atoms. The van der Waals surface area contributed by atoms with Crippen LogP contribution in [0.1, 0.15) is 48.1 Å². The molecule has 9 heteroatoms. The SMILES string of the molecule is Cc1ccc([N+](=O)[O-])cc1N(CC(=O)N[C@H](C)c1ccc2c(c1)CCCC2)S(C)(=O)=O. The Balaban J connectivity index is 1.79. The maximum atomic E-state index is 12.7. The summed E-state index contributed by atoms with van der Waals surface area (Å²) in [6, 6.07) is 9.86. The number of hydrogen-bond donors (Lipinski definition) is 1. The first kappa shape index (κ1) is 22.7. The van der Waals surface area contributed by atoms with E-state index in [0.29, 0.717) is 5.56 Å². The zero-order valence-electron chi connectivity index (χ0n) is 17.9. The Morgan fingerprint density at radius 3 is 2.48 bits per heavy atom. The topological polar surface area (TPSA) is 110 Å². The number of carbonyl (C=O) groups excluding carboxylic acids is 1. The third-order valence-electron chi connectivity index (χ3n) is 5.61. The zero-order chi connectivity index (χ0) is 22.8. The van der Waals surface area contributed by atoms with E-state index in [1.165, 1.54) is 35.7 Å². The third kappa shape index (κ3) is 5.41. The lowest BCUT2D eigenvalue weighted by atomic mass is 9.89. The highest BCUT2D eigenvalue weighted by atomic mass is 32.2. The third-order valence-corrected chi connectivity index (χ3v) is 6.74. The molecule has 8 nitrogen and oxygen atoms in total. The van der Waals surface area contributed by atoms with E-state index in [1.807, 2.05) is 13.0 Å². The van der Waals surface area contributed by atoms with Gasteiger partial charge in [0.1, 0.15) is 6.54 Å². The smallest absolute Gasteiger partial charge is 0.271 e. The highest BCUT2D eigenvalue weighted by Gasteiger charge is 2.25. The first-order valence-corrected chi connectivity index (χ1v) is 12.0. The summed E-state index contributed by atoms with van der Waals surface area (Å²) in [5.41, 5.74) is 4.01. The minimum absolute atomic E-state index is 0.119. The van der Waals surface area contributed by atoms with Gasteiger partial charge in [-0.25, -0.2) is 8.42 Å². The van der Waals surface area contributed by atoms with Gasteiger partial charge in [-0.05, 0) is 61.8 Å². The monoisotopic (exact) mass is 445 g/mol. The van der Waals surface area contributed by atoms with E-state index < -0.39 is 27.4 Å². The van der Waals surface area contributed by atoms with E-state index in [9.17, 15) is 23.3 Å². The van der Waals surface area contributed by atoms with Crippen LogP contribution in [0.3, 0.4) is 0 Å². The number of amides is 1. The van der Waals surface area contributed by atoms with Crippen LogP contribution in [-0.4, -0.2) is 32.0 Å². The molecule has 1 aliphatic rings.